The van der Waals surface area contributed by atoms with Gasteiger partial charge < -0.3 is 9.67 Å². The number of rotatable bonds is 2. The summed E-state index contributed by atoms with van der Waals surface area (Å²) in [7, 11) is 1.41. The van der Waals surface area contributed by atoms with Crippen LogP contribution in [0.1, 0.15) is 35.8 Å². The summed E-state index contributed by atoms with van der Waals surface area (Å²) in [5.74, 6) is -1.12. The molecule has 0 aliphatic carbocycles. The molecule has 0 amide bonds. The Balaban J connectivity index is 3.66. The van der Waals surface area contributed by atoms with E-state index in [2.05, 4.69) is 0 Å². The molecule has 0 aliphatic rings. The van der Waals surface area contributed by atoms with Crippen LogP contribution in [0.4, 0.5) is 0 Å². The quantitative estimate of drug-likeness (QED) is 0.842. The highest BCUT2D eigenvalue weighted by molar-refractivity contribution is 6.30. The Morgan fingerprint density at radius 1 is 1.53 bits per heavy atom. The molecule has 1 heterocycles. The van der Waals surface area contributed by atoms with E-state index in [1.165, 1.54) is 13.1 Å². The normalized spacial score (nSPS) is 10.7. The van der Waals surface area contributed by atoms with Crippen molar-refractivity contribution in [3.63, 3.8) is 0 Å². The summed E-state index contributed by atoms with van der Waals surface area (Å²) >= 11 is 5.71. The van der Waals surface area contributed by atoms with Crippen molar-refractivity contribution >= 4 is 17.6 Å². The number of carbonyl (C=O) groups is 1. The van der Waals surface area contributed by atoms with E-state index < -0.39 is 11.5 Å². The van der Waals surface area contributed by atoms with E-state index in [1.807, 2.05) is 13.8 Å². The van der Waals surface area contributed by atoms with Gasteiger partial charge in [0.25, 0.3) is 5.56 Å². The van der Waals surface area contributed by atoms with Crippen molar-refractivity contribution < 1.29 is 9.90 Å². The molecule has 0 saturated carbocycles. The van der Waals surface area contributed by atoms with E-state index in [-0.39, 0.29) is 16.6 Å². The van der Waals surface area contributed by atoms with Gasteiger partial charge in [0.2, 0.25) is 0 Å². The number of halogens is 1. The Hall–Kier alpha value is -1.29. The second-order valence-electron chi connectivity index (χ2n) is 3.62. The van der Waals surface area contributed by atoms with Crippen molar-refractivity contribution in [3.8, 4) is 0 Å². The summed E-state index contributed by atoms with van der Waals surface area (Å²) in [5, 5.41) is 9.06. The van der Waals surface area contributed by atoms with Crippen molar-refractivity contribution in [2.75, 3.05) is 0 Å². The van der Waals surface area contributed by atoms with Crippen molar-refractivity contribution in [2.45, 2.75) is 19.8 Å². The predicted octanol–water partition coefficient (Wildman–Crippen LogP) is 1.86. The van der Waals surface area contributed by atoms with Crippen LogP contribution in [-0.4, -0.2) is 15.6 Å². The van der Waals surface area contributed by atoms with Crippen LogP contribution >= 0.6 is 11.6 Å². The van der Waals surface area contributed by atoms with Crippen LogP contribution < -0.4 is 5.56 Å². The average Bonchev–Trinajstić information content (AvgIpc) is 2.12. The van der Waals surface area contributed by atoms with Gasteiger partial charge in [-0.2, -0.15) is 0 Å². The third kappa shape index (κ3) is 2.04. The molecule has 15 heavy (non-hydrogen) atoms. The van der Waals surface area contributed by atoms with Crippen molar-refractivity contribution in [2.24, 2.45) is 7.05 Å². The minimum absolute atomic E-state index is 0.000370. The van der Waals surface area contributed by atoms with Gasteiger partial charge in [0, 0.05) is 7.05 Å². The van der Waals surface area contributed by atoms with Gasteiger partial charge in [0.05, 0.1) is 0 Å². The Morgan fingerprint density at radius 3 is 2.47 bits per heavy atom. The van der Waals surface area contributed by atoms with Crippen molar-refractivity contribution in [3.05, 3.63) is 32.7 Å². The van der Waals surface area contributed by atoms with Crippen molar-refractivity contribution in [1.82, 2.24) is 4.57 Å². The minimum atomic E-state index is -1.12. The maximum Gasteiger partial charge on any atom is 0.352 e. The highest BCUT2D eigenvalue weighted by atomic mass is 35.5. The van der Waals surface area contributed by atoms with Gasteiger partial charge in [-0.05, 0) is 17.5 Å². The van der Waals surface area contributed by atoms with Crippen LogP contribution in [0.2, 0.25) is 5.02 Å². The molecule has 4 nitrogen and oxygen atoms in total. The van der Waals surface area contributed by atoms with Gasteiger partial charge in [0.15, 0.2) is 0 Å². The Bertz CT molecular complexity index is 462. The minimum Gasteiger partial charge on any atom is -0.477 e. The molecule has 0 fully saturated rings. The lowest BCUT2D eigenvalue weighted by molar-refractivity contribution is 0.0683. The molecule has 0 atom stereocenters. The number of carboxylic acid groups (broad SMARTS) is 1. The fourth-order valence-electron chi connectivity index (χ4n) is 1.43. The molecule has 0 aromatic carbocycles. The number of pyridine rings is 1. The van der Waals surface area contributed by atoms with Gasteiger partial charge in [-0.3, -0.25) is 4.79 Å². The van der Waals surface area contributed by atoms with E-state index in [9.17, 15) is 9.59 Å². The van der Waals surface area contributed by atoms with Crippen molar-refractivity contribution in [1.29, 1.82) is 0 Å². The van der Waals surface area contributed by atoms with E-state index in [4.69, 9.17) is 16.7 Å². The summed E-state index contributed by atoms with van der Waals surface area (Å²) in [6, 6.07) is 1.43. The van der Waals surface area contributed by atoms with Crippen LogP contribution in [-0.2, 0) is 7.05 Å². The molecule has 1 rings (SSSR count). The number of nitrogens with zero attached hydrogens (tertiary/aromatic N) is 1. The summed E-state index contributed by atoms with van der Waals surface area (Å²) in [6.07, 6.45) is 0. The van der Waals surface area contributed by atoms with Gasteiger partial charge >= 0.3 is 5.97 Å². The largest absolute Gasteiger partial charge is 0.477 e. The Kier molecular flexibility index (Phi) is 3.19. The number of aromatic nitrogens is 1. The lowest BCUT2D eigenvalue weighted by Crippen LogP contribution is -2.25. The van der Waals surface area contributed by atoms with E-state index in [1.54, 1.807) is 0 Å². The monoisotopic (exact) mass is 229 g/mol. The topological polar surface area (TPSA) is 59.3 Å². The number of carboxylic acids is 1. The van der Waals surface area contributed by atoms with Crippen LogP contribution in [0.15, 0.2) is 10.9 Å². The predicted molar refractivity (Wildman–Crippen MR) is 57.7 cm³/mol. The van der Waals surface area contributed by atoms with E-state index in [0.717, 1.165) is 4.57 Å². The zero-order valence-electron chi connectivity index (χ0n) is 8.74. The molecule has 82 valence electrons. The lowest BCUT2D eigenvalue weighted by atomic mass is 10.0. The molecular formula is C10H12ClNO3. The zero-order chi connectivity index (χ0) is 11.7. The van der Waals surface area contributed by atoms with Gasteiger partial charge in [-0.25, -0.2) is 4.79 Å². The van der Waals surface area contributed by atoms with Gasteiger partial charge in [-0.1, -0.05) is 25.4 Å². The van der Waals surface area contributed by atoms with Gasteiger partial charge in [0.1, 0.15) is 10.7 Å². The van der Waals surface area contributed by atoms with E-state index in [0.29, 0.717) is 5.56 Å². The average molecular weight is 230 g/mol. The third-order valence-electron chi connectivity index (χ3n) is 2.22. The SMILES string of the molecule is CC(C)c1cc(Cl)c(=O)n(C)c1C(=O)O. The highest BCUT2D eigenvalue weighted by Crippen LogP contribution is 2.20. The molecule has 0 aliphatic heterocycles. The summed E-state index contributed by atoms with van der Waals surface area (Å²) in [6.45, 7) is 3.70. The molecule has 5 heteroatoms. The lowest BCUT2D eigenvalue weighted by Gasteiger charge is -2.13. The zero-order valence-corrected chi connectivity index (χ0v) is 9.50. The molecule has 1 N–H and O–H groups in total. The van der Waals surface area contributed by atoms with Crippen LogP contribution in [0.25, 0.3) is 0 Å². The standard InChI is InChI=1S/C10H12ClNO3/c1-5(2)6-4-7(11)9(13)12(3)8(6)10(14)15/h4-5H,1-3H3,(H,14,15). The first-order valence-electron chi connectivity index (χ1n) is 4.49. The Labute approximate surface area is 92.1 Å². The summed E-state index contributed by atoms with van der Waals surface area (Å²) in [5.41, 5.74) is 0.0764. The second kappa shape index (κ2) is 4.06. The maximum atomic E-state index is 11.4. The molecule has 0 saturated heterocycles. The van der Waals surface area contributed by atoms with E-state index >= 15 is 0 Å². The first-order chi connectivity index (χ1) is 6.86. The molecule has 0 unspecified atom stereocenters. The molecule has 0 radical (unpaired) electrons. The molecular weight excluding hydrogens is 218 g/mol. The molecule has 1 aromatic rings. The second-order valence-corrected chi connectivity index (χ2v) is 4.03. The highest BCUT2D eigenvalue weighted by Gasteiger charge is 2.18. The summed E-state index contributed by atoms with van der Waals surface area (Å²) in [4.78, 5) is 22.4. The fraction of sp³-hybridized carbons (Fsp3) is 0.400. The van der Waals surface area contributed by atoms with Crippen LogP contribution in [0, 0.1) is 0 Å². The number of hydrogen-bond acceptors (Lipinski definition) is 2. The Morgan fingerprint density at radius 2 is 2.07 bits per heavy atom. The molecule has 1 aromatic heterocycles. The summed E-state index contributed by atoms with van der Waals surface area (Å²) < 4.78 is 1.07. The third-order valence-corrected chi connectivity index (χ3v) is 2.50. The van der Waals surface area contributed by atoms with Crippen LogP contribution in [0.3, 0.4) is 0 Å². The molecule has 0 spiro atoms. The number of aromatic carboxylic acids is 1. The number of hydrogen-bond donors (Lipinski definition) is 1. The first kappa shape index (κ1) is 11.8. The van der Waals surface area contributed by atoms with Gasteiger partial charge in [-0.15, -0.1) is 0 Å². The fourth-order valence-corrected chi connectivity index (χ4v) is 1.67. The van der Waals surface area contributed by atoms with Crippen LogP contribution in [0.5, 0.6) is 0 Å². The maximum absolute atomic E-state index is 11.4. The smallest absolute Gasteiger partial charge is 0.352 e. The molecule has 0 bridgehead atoms. The first-order valence-corrected chi connectivity index (χ1v) is 4.86.